The molecule has 0 aliphatic carbocycles. The molecule has 4 nitrogen and oxygen atoms in total. The number of benzene rings is 1. The van der Waals surface area contributed by atoms with Crippen LogP contribution in [0, 0.1) is 5.92 Å². The SMILES string of the molecule is CCNC(=NCC1CCN(C)CC1)N1CCC(c2ccccc2)C1. The fraction of sp³-hybridized carbons (Fsp3) is 0.650. The minimum atomic E-state index is 0.637. The first-order valence-electron chi connectivity index (χ1n) is 9.53. The third-order valence-electron chi connectivity index (χ3n) is 5.43. The van der Waals surface area contributed by atoms with Crippen molar-refractivity contribution < 1.29 is 0 Å². The zero-order valence-corrected chi connectivity index (χ0v) is 15.2. The van der Waals surface area contributed by atoms with Crippen LogP contribution in [-0.2, 0) is 0 Å². The van der Waals surface area contributed by atoms with E-state index in [0.29, 0.717) is 5.92 Å². The maximum absolute atomic E-state index is 4.99. The minimum absolute atomic E-state index is 0.637. The highest BCUT2D eigenvalue weighted by atomic mass is 15.3. The van der Waals surface area contributed by atoms with Gasteiger partial charge in [-0.15, -0.1) is 0 Å². The van der Waals surface area contributed by atoms with E-state index >= 15 is 0 Å². The molecule has 3 rings (SSSR count). The molecule has 2 heterocycles. The molecule has 1 aromatic carbocycles. The lowest BCUT2D eigenvalue weighted by Crippen LogP contribution is -2.40. The maximum Gasteiger partial charge on any atom is 0.193 e. The molecule has 1 N–H and O–H groups in total. The van der Waals surface area contributed by atoms with Gasteiger partial charge in [0.25, 0.3) is 0 Å². The number of piperidine rings is 1. The number of likely N-dealkylation sites (tertiary alicyclic amines) is 2. The number of guanidine groups is 1. The number of rotatable bonds is 4. The van der Waals surface area contributed by atoms with Gasteiger partial charge in [0.1, 0.15) is 0 Å². The summed E-state index contributed by atoms with van der Waals surface area (Å²) in [7, 11) is 2.22. The van der Waals surface area contributed by atoms with E-state index in [1.54, 1.807) is 0 Å². The fourth-order valence-electron chi connectivity index (χ4n) is 3.84. The van der Waals surface area contributed by atoms with Gasteiger partial charge in [-0.25, -0.2) is 0 Å². The van der Waals surface area contributed by atoms with Gasteiger partial charge < -0.3 is 15.1 Å². The summed E-state index contributed by atoms with van der Waals surface area (Å²) >= 11 is 0. The molecule has 24 heavy (non-hydrogen) atoms. The van der Waals surface area contributed by atoms with Crippen molar-refractivity contribution in [1.82, 2.24) is 15.1 Å². The Hall–Kier alpha value is -1.55. The number of nitrogens with one attached hydrogen (secondary N) is 1. The number of hydrogen-bond donors (Lipinski definition) is 1. The Kier molecular flexibility index (Phi) is 6.13. The van der Waals surface area contributed by atoms with E-state index in [1.165, 1.54) is 37.9 Å². The van der Waals surface area contributed by atoms with Crippen LogP contribution in [0.25, 0.3) is 0 Å². The van der Waals surface area contributed by atoms with Crippen LogP contribution in [0.2, 0.25) is 0 Å². The monoisotopic (exact) mass is 328 g/mol. The van der Waals surface area contributed by atoms with E-state index < -0.39 is 0 Å². The fourth-order valence-corrected chi connectivity index (χ4v) is 3.84. The standard InChI is InChI=1S/C20H32N4/c1-3-21-20(22-15-17-9-12-23(2)13-10-17)24-14-11-19(16-24)18-7-5-4-6-8-18/h4-8,17,19H,3,9-16H2,1-2H3,(H,21,22). The molecule has 0 spiro atoms. The highest BCUT2D eigenvalue weighted by molar-refractivity contribution is 5.80. The van der Waals surface area contributed by atoms with Crippen molar-refractivity contribution in [2.24, 2.45) is 10.9 Å². The normalized spacial score (nSPS) is 23.7. The molecular weight excluding hydrogens is 296 g/mol. The summed E-state index contributed by atoms with van der Waals surface area (Å²) < 4.78 is 0. The molecule has 0 saturated carbocycles. The van der Waals surface area contributed by atoms with E-state index in [2.05, 4.69) is 59.4 Å². The largest absolute Gasteiger partial charge is 0.357 e. The molecule has 1 aromatic rings. The van der Waals surface area contributed by atoms with Gasteiger partial charge in [-0.1, -0.05) is 30.3 Å². The van der Waals surface area contributed by atoms with E-state index in [9.17, 15) is 0 Å². The van der Waals surface area contributed by atoms with Gasteiger partial charge in [-0.05, 0) is 57.8 Å². The first-order chi connectivity index (χ1) is 11.8. The Bertz CT molecular complexity index is 520. The lowest BCUT2D eigenvalue weighted by molar-refractivity contribution is 0.223. The Morgan fingerprint density at radius 1 is 1.12 bits per heavy atom. The quantitative estimate of drug-likeness (QED) is 0.681. The van der Waals surface area contributed by atoms with Crippen molar-refractivity contribution in [1.29, 1.82) is 0 Å². The molecule has 1 atom stereocenters. The van der Waals surface area contributed by atoms with Crippen LogP contribution in [0.5, 0.6) is 0 Å². The highest BCUT2D eigenvalue weighted by Crippen LogP contribution is 2.27. The maximum atomic E-state index is 4.99. The smallest absolute Gasteiger partial charge is 0.193 e. The second-order valence-corrected chi connectivity index (χ2v) is 7.28. The van der Waals surface area contributed by atoms with Crippen LogP contribution in [0.1, 0.15) is 37.7 Å². The average molecular weight is 329 g/mol. The van der Waals surface area contributed by atoms with Gasteiger partial charge in [0, 0.05) is 32.1 Å². The van der Waals surface area contributed by atoms with Crippen molar-refractivity contribution in [2.75, 3.05) is 46.3 Å². The molecule has 0 bridgehead atoms. The summed E-state index contributed by atoms with van der Waals surface area (Å²) in [4.78, 5) is 9.87. The predicted octanol–water partition coefficient (Wildman–Crippen LogP) is 2.78. The van der Waals surface area contributed by atoms with Gasteiger partial charge in [0.15, 0.2) is 5.96 Å². The van der Waals surface area contributed by atoms with Gasteiger partial charge in [0.2, 0.25) is 0 Å². The predicted molar refractivity (Wildman–Crippen MR) is 102 cm³/mol. The van der Waals surface area contributed by atoms with Crippen LogP contribution >= 0.6 is 0 Å². The first kappa shape index (κ1) is 17.3. The lowest BCUT2D eigenvalue weighted by Gasteiger charge is -2.28. The summed E-state index contributed by atoms with van der Waals surface area (Å²) in [5.74, 6) is 2.51. The van der Waals surface area contributed by atoms with Crippen molar-refractivity contribution in [3.63, 3.8) is 0 Å². The molecular formula is C20H32N4. The molecule has 4 heteroatoms. The summed E-state index contributed by atoms with van der Waals surface area (Å²) in [6.45, 7) is 8.71. The summed E-state index contributed by atoms with van der Waals surface area (Å²) in [5.41, 5.74) is 1.46. The zero-order valence-electron chi connectivity index (χ0n) is 15.2. The van der Waals surface area contributed by atoms with Gasteiger partial charge in [-0.2, -0.15) is 0 Å². The Morgan fingerprint density at radius 3 is 2.58 bits per heavy atom. The number of aliphatic imine (C=N–C) groups is 1. The molecule has 2 aliphatic rings. The molecule has 0 aromatic heterocycles. The second kappa shape index (κ2) is 8.52. The first-order valence-corrected chi connectivity index (χ1v) is 9.53. The molecule has 2 aliphatic heterocycles. The van der Waals surface area contributed by atoms with Crippen LogP contribution in [-0.4, -0.2) is 62.1 Å². The Morgan fingerprint density at radius 2 is 1.88 bits per heavy atom. The molecule has 1 unspecified atom stereocenters. The summed E-state index contributed by atoms with van der Waals surface area (Å²) in [6, 6.07) is 10.9. The van der Waals surface area contributed by atoms with Crippen LogP contribution in [0.15, 0.2) is 35.3 Å². The second-order valence-electron chi connectivity index (χ2n) is 7.28. The molecule has 2 fully saturated rings. The molecule has 2 saturated heterocycles. The van der Waals surface area contributed by atoms with E-state index in [1.807, 2.05) is 0 Å². The lowest BCUT2D eigenvalue weighted by atomic mass is 9.97. The van der Waals surface area contributed by atoms with Crippen molar-refractivity contribution in [3.8, 4) is 0 Å². The van der Waals surface area contributed by atoms with Gasteiger partial charge in [-0.3, -0.25) is 4.99 Å². The van der Waals surface area contributed by atoms with Crippen molar-refractivity contribution in [3.05, 3.63) is 35.9 Å². The topological polar surface area (TPSA) is 30.9 Å². The van der Waals surface area contributed by atoms with Crippen LogP contribution in [0.4, 0.5) is 0 Å². The zero-order chi connectivity index (χ0) is 16.8. The average Bonchev–Trinajstić information content (AvgIpc) is 3.11. The Balaban J connectivity index is 1.58. The van der Waals surface area contributed by atoms with E-state index in [-0.39, 0.29) is 0 Å². The highest BCUT2D eigenvalue weighted by Gasteiger charge is 2.26. The Labute approximate surface area is 146 Å². The summed E-state index contributed by atoms with van der Waals surface area (Å²) in [5, 5.41) is 3.51. The third kappa shape index (κ3) is 4.50. The van der Waals surface area contributed by atoms with Crippen LogP contribution in [0.3, 0.4) is 0 Å². The third-order valence-corrected chi connectivity index (χ3v) is 5.43. The van der Waals surface area contributed by atoms with Crippen molar-refractivity contribution >= 4 is 5.96 Å². The minimum Gasteiger partial charge on any atom is -0.357 e. The van der Waals surface area contributed by atoms with Crippen LogP contribution < -0.4 is 5.32 Å². The number of nitrogens with zero attached hydrogens (tertiary/aromatic N) is 3. The van der Waals surface area contributed by atoms with Gasteiger partial charge >= 0.3 is 0 Å². The summed E-state index contributed by atoms with van der Waals surface area (Å²) in [6.07, 6.45) is 3.79. The van der Waals surface area contributed by atoms with E-state index in [0.717, 1.165) is 38.1 Å². The molecule has 132 valence electrons. The number of hydrogen-bond acceptors (Lipinski definition) is 2. The molecule has 0 radical (unpaired) electrons. The van der Waals surface area contributed by atoms with Crippen molar-refractivity contribution in [2.45, 2.75) is 32.1 Å². The van der Waals surface area contributed by atoms with Gasteiger partial charge in [0.05, 0.1) is 0 Å². The van der Waals surface area contributed by atoms with E-state index in [4.69, 9.17) is 4.99 Å². The molecule has 0 amide bonds.